The Morgan fingerprint density at radius 1 is 1.38 bits per heavy atom. The van der Waals surface area contributed by atoms with E-state index in [0.29, 0.717) is 12.5 Å². The first-order valence-electron chi connectivity index (χ1n) is 5.20. The third-order valence-electron chi connectivity index (χ3n) is 3.56. The van der Waals surface area contributed by atoms with Gasteiger partial charge in [0.1, 0.15) is 0 Å². The molecule has 0 N–H and O–H groups in total. The molecule has 0 aliphatic carbocycles. The molecule has 2 nitrogen and oxygen atoms in total. The summed E-state index contributed by atoms with van der Waals surface area (Å²) < 4.78 is 5.18. The fraction of sp³-hybridized carbons (Fsp3) is 0.909. The molecule has 0 aromatic heterocycles. The van der Waals surface area contributed by atoms with Crippen molar-refractivity contribution in [1.29, 1.82) is 0 Å². The minimum absolute atomic E-state index is 0.00259. The predicted octanol–water partition coefficient (Wildman–Crippen LogP) is 2.62. The number of carbonyl (C=O) groups is 1. The predicted molar refractivity (Wildman–Crippen MR) is 52.3 cm³/mol. The summed E-state index contributed by atoms with van der Waals surface area (Å²) in [5.41, 5.74) is 0.110. The normalized spacial score (nSPS) is 32.8. The maximum atomic E-state index is 11.5. The van der Waals surface area contributed by atoms with Crippen LogP contribution < -0.4 is 0 Å². The molecule has 0 saturated carbocycles. The van der Waals surface area contributed by atoms with Crippen molar-refractivity contribution in [2.45, 2.75) is 40.5 Å². The van der Waals surface area contributed by atoms with Gasteiger partial charge in [0.2, 0.25) is 0 Å². The summed E-state index contributed by atoms with van der Waals surface area (Å²) >= 11 is 0. The molecule has 0 aromatic rings. The smallest absolute Gasteiger partial charge is 0.309 e. The fourth-order valence-electron chi connectivity index (χ4n) is 2.42. The van der Waals surface area contributed by atoms with Crippen molar-refractivity contribution in [3.05, 3.63) is 0 Å². The molecule has 1 rings (SSSR count). The number of cyclic esters (lactones) is 1. The first-order valence-corrected chi connectivity index (χ1v) is 5.20. The molecule has 1 fully saturated rings. The Bertz CT molecular complexity index is 196. The highest BCUT2D eigenvalue weighted by atomic mass is 16.5. The van der Waals surface area contributed by atoms with Crippen LogP contribution >= 0.6 is 0 Å². The molecule has 0 spiro atoms. The first kappa shape index (κ1) is 10.6. The zero-order valence-electron chi connectivity index (χ0n) is 9.09. The maximum absolute atomic E-state index is 11.5. The summed E-state index contributed by atoms with van der Waals surface area (Å²) in [6.07, 6.45) is 1.99. The Morgan fingerprint density at radius 2 is 2.00 bits per heavy atom. The molecular formula is C11H20O2. The van der Waals surface area contributed by atoms with Crippen LogP contribution in [0.15, 0.2) is 0 Å². The van der Waals surface area contributed by atoms with Gasteiger partial charge in [0.15, 0.2) is 0 Å². The largest absolute Gasteiger partial charge is 0.465 e. The fourth-order valence-corrected chi connectivity index (χ4v) is 2.42. The third-order valence-corrected chi connectivity index (χ3v) is 3.56. The van der Waals surface area contributed by atoms with E-state index in [-0.39, 0.29) is 17.3 Å². The quantitative estimate of drug-likeness (QED) is 0.617. The Morgan fingerprint density at radius 3 is 2.46 bits per heavy atom. The van der Waals surface area contributed by atoms with Crippen molar-refractivity contribution in [3.63, 3.8) is 0 Å². The van der Waals surface area contributed by atoms with Crippen molar-refractivity contribution in [2.75, 3.05) is 6.61 Å². The van der Waals surface area contributed by atoms with Gasteiger partial charge in [-0.15, -0.1) is 0 Å². The van der Waals surface area contributed by atoms with Gasteiger partial charge in [0.25, 0.3) is 0 Å². The molecule has 0 bridgehead atoms. The summed E-state index contributed by atoms with van der Waals surface area (Å²) in [5.74, 6) is 0.610. The van der Waals surface area contributed by atoms with Crippen LogP contribution in [-0.2, 0) is 9.53 Å². The van der Waals surface area contributed by atoms with Gasteiger partial charge in [-0.1, -0.05) is 27.7 Å². The number of carbonyl (C=O) groups excluding carboxylic acids is 1. The summed E-state index contributed by atoms with van der Waals surface area (Å²) in [5, 5.41) is 0. The van der Waals surface area contributed by atoms with Gasteiger partial charge in [0, 0.05) is 0 Å². The second-order valence-electron chi connectivity index (χ2n) is 4.52. The monoisotopic (exact) mass is 184 g/mol. The molecule has 2 unspecified atom stereocenters. The number of rotatable bonds is 2. The van der Waals surface area contributed by atoms with Gasteiger partial charge in [0.05, 0.1) is 12.5 Å². The number of hydrogen-bond acceptors (Lipinski definition) is 2. The molecule has 0 amide bonds. The van der Waals surface area contributed by atoms with E-state index >= 15 is 0 Å². The molecule has 1 aliphatic rings. The van der Waals surface area contributed by atoms with E-state index in [1.54, 1.807) is 0 Å². The van der Waals surface area contributed by atoms with Gasteiger partial charge in [-0.05, 0) is 24.2 Å². The van der Waals surface area contributed by atoms with Crippen LogP contribution in [0.2, 0.25) is 0 Å². The molecular weight excluding hydrogens is 164 g/mol. The molecule has 13 heavy (non-hydrogen) atoms. The zero-order valence-corrected chi connectivity index (χ0v) is 9.09. The van der Waals surface area contributed by atoms with Gasteiger partial charge in [-0.3, -0.25) is 4.79 Å². The molecule has 1 saturated heterocycles. The van der Waals surface area contributed by atoms with E-state index in [1.165, 1.54) is 0 Å². The number of esters is 1. The molecule has 76 valence electrons. The summed E-state index contributed by atoms with van der Waals surface area (Å²) in [7, 11) is 0. The van der Waals surface area contributed by atoms with E-state index in [9.17, 15) is 4.79 Å². The molecule has 2 heteroatoms. The van der Waals surface area contributed by atoms with E-state index in [2.05, 4.69) is 27.7 Å². The Hall–Kier alpha value is -0.530. The second-order valence-corrected chi connectivity index (χ2v) is 4.52. The van der Waals surface area contributed by atoms with Crippen molar-refractivity contribution in [2.24, 2.45) is 17.3 Å². The van der Waals surface area contributed by atoms with Crippen LogP contribution in [0.3, 0.4) is 0 Å². The molecule has 1 heterocycles. The summed E-state index contributed by atoms with van der Waals surface area (Å²) in [4.78, 5) is 11.5. The highest BCUT2D eigenvalue weighted by molar-refractivity contribution is 5.74. The lowest BCUT2D eigenvalue weighted by atomic mass is 9.66. The molecule has 2 atom stereocenters. The van der Waals surface area contributed by atoms with Crippen molar-refractivity contribution < 1.29 is 9.53 Å². The van der Waals surface area contributed by atoms with Crippen molar-refractivity contribution in [3.8, 4) is 0 Å². The van der Waals surface area contributed by atoms with Crippen molar-refractivity contribution >= 4 is 5.97 Å². The molecule has 0 radical (unpaired) electrons. The van der Waals surface area contributed by atoms with Crippen LogP contribution in [0.5, 0.6) is 0 Å². The van der Waals surface area contributed by atoms with E-state index in [1.807, 2.05) is 0 Å². The summed E-state index contributed by atoms with van der Waals surface area (Å²) in [6, 6.07) is 0. The van der Waals surface area contributed by atoms with Gasteiger partial charge >= 0.3 is 5.97 Å². The van der Waals surface area contributed by atoms with Gasteiger partial charge in [-0.2, -0.15) is 0 Å². The standard InChI is InChI=1S/C11H20O2/c1-5-8-7-13-10(12)9(6-2)11(8,3)4/h8-9H,5-7H2,1-4H3. The average Bonchev–Trinajstić information content (AvgIpc) is 2.04. The molecule has 0 aromatic carbocycles. The molecule has 1 aliphatic heterocycles. The number of hydrogen-bond donors (Lipinski definition) is 0. The lowest BCUT2D eigenvalue weighted by Crippen LogP contribution is -2.45. The van der Waals surface area contributed by atoms with Crippen LogP contribution in [0, 0.1) is 17.3 Å². The Balaban J connectivity index is 2.84. The van der Waals surface area contributed by atoms with E-state index < -0.39 is 0 Å². The SMILES string of the molecule is CCC1COC(=O)C(CC)C1(C)C. The lowest BCUT2D eigenvalue weighted by molar-refractivity contribution is -0.168. The highest BCUT2D eigenvalue weighted by Crippen LogP contribution is 2.42. The minimum atomic E-state index is -0.00259. The minimum Gasteiger partial charge on any atom is -0.465 e. The van der Waals surface area contributed by atoms with Crippen LogP contribution in [0.1, 0.15) is 40.5 Å². The first-order chi connectivity index (χ1) is 6.04. The van der Waals surface area contributed by atoms with E-state index in [4.69, 9.17) is 4.74 Å². The lowest BCUT2D eigenvalue weighted by Gasteiger charge is -2.43. The van der Waals surface area contributed by atoms with Crippen LogP contribution in [-0.4, -0.2) is 12.6 Å². The third kappa shape index (κ3) is 1.72. The van der Waals surface area contributed by atoms with Gasteiger partial charge < -0.3 is 4.74 Å². The topological polar surface area (TPSA) is 26.3 Å². The zero-order chi connectivity index (χ0) is 10.1. The van der Waals surface area contributed by atoms with Crippen LogP contribution in [0.4, 0.5) is 0 Å². The average molecular weight is 184 g/mol. The Kier molecular flexibility index (Phi) is 2.99. The van der Waals surface area contributed by atoms with E-state index in [0.717, 1.165) is 12.8 Å². The van der Waals surface area contributed by atoms with Crippen molar-refractivity contribution in [1.82, 2.24) is 0 Å². The maximum Gasteiger partial charge on any atom is 0.309 e. The number of ether oxygens (including phenoxy) is 1. The second kappa shape index (κ2) is 3.69. The summed E-state index contributed by atoms with van der Waals surface area (Å²) in [6.45, 7) is 9.22. The highest BCUT2D eigenvalue weighted by Gasteiger charge is 2.44. The van der Waals surface area contributed by atoms with Crippen LogP contribution in [0.25, 0.3) is 0 Å². The van der Waals surface area contributed by atoms with Gasteiger partial charge in [-0.25, -0.2) is 0 Å². The Labute approximate surface area is 80.7 Å².